The minimum atomic E-state index is -0.272. The maximum Gasteiger partial charge on any atom is 0.0572 e. The first kappa shape index (κ1) is 13.6. The molecule has 0 amide bonds. The predicted molar refractivity (Wildman–Crippen MR) is 86.9 cm³/mol. The third-order valence-electron chi connectivity index (χ3n) is 3.34. The van der Waals surface area contributed by atoms with E-state index in [1.54, 1.807) is 6.20 Å². The third-order valence-corrected chi connectivity index (χ3v) is 4.18. The molecule has 4 heteroatoms. The van der Waals surface area contributed by atoms with Gasteiger partial charge in [0.15, 0.2) is 0 Å². The lowest BCUT2D eigenvalue weighted by Crippen LogP contribution is -2.13. The molecule has 0 aliphatic carbocycles. The summed E-state index contributed by atoms with van der Waals surface area (Å²) in [6.07, 6.45) is 3.62. The first-order valence-corrected chi connectivity index (χ1v) is 7.37. The SMILES string of the molecule is NC(c1cc(Br)ccc1Cl)c1cccc2cnccc12. The molecule has 1 unspecified atom stereocenters. The Balaban J connectivity index is 2.17. The van der Waals surface area contributed by atoms with Crippen molar-refractivity contribution < 1.29 is 0 Å². The summed E-state index contributed by atoms with van der Waals surface area (Å²) in [5.41, 5.74) is 8.38. The maximum atomic E-state index is 6.43. The number of pyridine rings is 1. The number of nitrogens with two attached hydrogens (primary N) is 1. The van der Waals surface area contributed by atoms with Gasteiger partial charge in [-0.05, 0) is 40.8 Å². The van der Waals surface area contributed by atoms with Crippen LogP contribution in [0.2, 0.25) is 5.02 Å². The number of rotatable bonds is 2. The lowest BCUT2D eigenvalue weighted by Gasteiger charge is -2.16. The Bertz CT molecular complexity index is 768. The normalized spacial score (nSPS) is 12.6. The van der Waals surface area contributed by atoms with E-state index in [0.717, 1.165) is 26.4 Å². The van der Waals surface area contributed by atoms with Gasteiger partial charge in [0.2, 0.25) is 0 Å². The van der Waals surface area contributed by atoms with E-state index >= 15 is 0 Å². The molecule has 0 aliphatic rings. The van der Waals surface area contributed by atoms with Gasteiger partial charge >= 0.3 is 0 Å². The lowest BCUT2D eigenvalue weighted by atomic mass is 9.95. The molecule has 100 valence electrons. The molecule has 2 nitrogen and oxygen atoms in total. The summed E-state index contributed by atoms with van der Waals surface area (Å²) in [7, 11) is 0. The van der Waals surface area contributed by atoms with Crippen LogP contribution in [-0.2, 0) is 0 Å². The van der Waals surface area contributed by atoms with Gasteiger partial charge in [-0.25, -0.2) is 0 Å². The van der Waals surface area contributed by atoms with Crippen LogP contribution in [0.5, 0.6) is 0 Å². The van der Waals surface area contributed by atoms with E-state index in [4.69, 9.17) is 17.3 Å². The van der Waals surface area contributed by atoms with E-state index in [9.17, 15) is 0 Å². The van der Waals surface area contributed by atoms with E-state index in [-0.39, 0.29) is 6.04 Å². The monoisotopic (exact) mass is 346 g/mol. The molecular formula is C16H12BrClN2. The summed E-state index contributed by atoms with van der Waals surface area (Å²) in [6, 6.07) is 13.5. The van der Waals surface area contributed by atoms with Gasteiger partial charge in [-0.2, -0.15) is 0 Å². The van der Waals surface area contributed by atoms with E-state index < -0.39 is 0 Å². The molecule has 0 saturated heterocycles. The van der Waals surface area contributed by atoms with Crippen LogP contribution in [-0.4, -0.2) is 4.98 Å². The Kier molecular flexibility index (Phi) is 3.74. The summed E-state index contributed by atoms with van der Waals surface area (Å²) >= 11 is 9.74. The number of benzene rings is 2. The first-order chi connectivity index (χ1) is 9.66. The van der Waals surface area contributed by atoms with Gasteiger partial charge < -0.3 is 5.73 Å². The third kappa shape index (κ3) is 2.44. The molecule has 3 aromatic rings. The summed E-state index contributed by atoms with van der Waals surface area (Å²) in [5, 5.41) is 2.85. The van der Waals surface area contributed by atoms with Gasteiger partial charge in [-0.1, -0.05) is 45.7 Å². The number of halogens is 2. The van der Waals surface area contributed by atoms with Crippen LogP contribution in [0.3, 0.4) is 0 Å². The predicted octanol–water partition coefficient (Wildman–Crippen LogP) is 4.70. The van der Waals surface area contributed by atoms with Gasteiger partial charge in [0.05, 0.1) is 6.04 Å². The minimum absolute atomic E-state index is 0.272. The van der Waals surface area contributed by atoms with Gasteiger partial charge in [0.25, 0.3) is 0 Å². The summed E-state index contributed by atoms with van der Waals surface area (Å²) < 4.78 is 0.967. The quantitative estimate of drug-likeness (QED) is 0.730. The average Bonchev–Trinajstić information content (AvgIpc) is 2.48. The smallest absolute Gasteiger partial charge is 0.0572 e. The fraction of sp³-hybridized carbons (Fsp3) is 0.0625. The van der Waals surface area contributed by atoms with Gasteiger partial charge in [0, 0.05) is 27.3 Å². The summed E-state index contributed by atoms with van der Waals surface area (Å²) in [5.74, 6) is 0. The van der Waals surface area contributed by atoms with Crippen molar-refractivity contribution in [3.05, 3.63) is 75.5 Å². The van der Waals surface area contributed by atoms with Crippen LogP contribution in [0.25, 0.3) is 10.8 Å². The largest absolute Gasteiger partial charge is 0.320 e. The van der Waals surface area contributed by atoms with Gasteiger partial charge in [-0.3, -0.25) is 4.98 Å². The Morgan fingerprint density at radius 3 is 2.80 bits per heavy atom. The minimum Gasteiger partial charge on any atom is -0.320 e. The standard InChI is InChI=1S/C16H12BrClN2/c17-11-4-5-15(18)14(8-11)16(19)13-3-1-2-10-9-20-7-6-12(10)13/h1-9,16H,19H2. The molecule has 2 aromatic carbocycles. The number of hydrogen-bond donors (Lipinski definition) is 1. The summed E-state index contributed by atoms with van der Waals surface area (Å²) in [4.78, 5) is 4.14. The molecule has 0 bridgehead atoms. The molecule has 1 atom stereocenters. The van der Waals surface area contributed by atoms with Crippen molar-refractivity contribution >= 4 is 38.3 Å². The average molecular weight is 348 g/mol. The molecule has 0 radical (unpaired) electrons. The van der Waals surface area contributed by atoms with Crippen LogP contribution in [0.15, 0.2) is 59.3 Å². The van der Waals surface area contributed by atoms with Crippen molar-refractivity contribution in [2.45, 2.75) is 6.04 Å². The zero-order chi connectivity index (χ0) is 14.1. The van der Waals surface area contributed by atoms with Gasteiger partial charge in [0.1, 0.15) is 0 Å². The van der Waals surface area contributed by atoms with Crippen LogP contribution in [0.1, 0.15) is 17.2 Å². The zero-order valence-corrected chi connectivity index (χ0v) is 12.9. The Morgan fingerprint density at radius 2 is 1.95 bits per heavy atom. The molecule has 1 aromatic heterocycles. The van der Waals surface area contributed by atoms with Crippen molar-refractivity contribution in [3.63, 3.8) is 0 Å². The molecular weight excluding hydrogens is 336 g/mol. The molecule has 1 heterocycles. The second-order valence-electron chi connectivity index (χ2n) is 4.59. The second-order valence-corrected chi connectivity index (χ2v) is 5.91. The number of hydrogen-bond acceptors (Lipinski definition) is 2. The maximum absolute atomic E-state index is 6.43. The van der Waals surface area contributed by atoms with Crippen LogP contribution < -0.4 is 5.73 Å². The van der Waals surface area contributed by atoms with Gasteiger partial charge in [-0.15, -0.1) is 0 Å². The zero-order valence-electron chi connectivity index (χ0n) is 10.6. The van der Waals surface area contributed by atoms with Crippen molar-refractivity contribution in [1.82, 2.24) is 4.98 Å². The highest BCUT2D eigenvalue weighted by Crippen LogP contribution is 2.32. The number of fused-ring (bicyclic) bond motifs is 1. The van der Waals surface area contributed by atoms with E-state index in [2.05, 4.69) is 20.9 Å². The molecule has 0 saturated carbocycles. The van der Waals surface area contributed by atoms with Crippen molar-refractivity contribution in [2.75, 3.05) is 0 Å². The molecule has 0 fully saturated rings. The van der Waals surface area contributed by atoms with E-state index in [0.29, 0.717) is 5.02 Å². The fourth-order valence-electron chi connectivity index (χ4n) is 2.34. The van der Waals surface area contributed by atoms with E-state index in [1.807, 2.05) is 48.7 Å². The lowest BCUT2D eigenvalue weighted by molar-refractivity contribution is 0.880. The molecule has 20 heavy (non-hydrogen) atoms. The molecule has 3 rings (SSSR count). The highest BCUT2D eigenvalue weighted by atomic mass is 79.9. The number of nitrogens with zero attached hydrogens (tertiary/aromatic N) is 1. The fourth-order valence-corrected chi connectivity index (χ4v) is 2.95. The first-order valence-electron chi connectivity index (χ1n) is 6.20. The van der Waals surface area contributed by atoms with Crippen molar-refractivity contribution in [1.29, 1.82) is 0 Å². The Hall–Kier alpha value is -1.42. The highest BCUT2D eigenvalue weighted by molar-refractivity contribution is 9.10. The molecule has 0 aliphatic heterocycles. The van der Waals surface area contributed by atoms with Crippen LogP contribution in [0, 0.1) is 0 Å². The van der Waals surface area contributed by atoms with Crippen LogP contribution >= 0.6 is 27.5 Å². The molecule has 0 spiro atoms. The highest BCUT2D eigenvalue weighted by Gasteiger charge is 2.15. The van der Waals surface area contributed by atoms with Crippen molar-refractivity contribution in [3.8, 4) is 0 Å². The molecule has 2 N–H and O–H groups in total. The summed E-state index contributed by atoms with van der Waals surface area (Å²) in [6.45, 7) is 0. The number of aromatic nitrogens is 1. The van der Waals surface area contributed by atoms with Crippen LogP contribution in [0.4, 0.5) is 0 Å². The second kappa shape index (κ2) is 5.52. The Morgan fingerprint density at radius 1 is 1.10 bits per heavy atom. The van der Waals surface area contributed by atoms with E-state index in [1.165, 1.54) is 0 Å². The topological polar surface area (TPSA) is 38.9 Å². The Labute approximate surface area is 130 Å². The van der Waals surface area contributed by atoms with Crippen molar-refractivity contribution in [2.24, 2.45) is 5.73 Å².